The van der Waals surface area contributed by atoms with E-state index in [1.807, 2.05) is 0 Å². The maximum atomic E-state index is 8.63. The molecule has 32 heavy (non-hydrogen) atoms. The summed E-state index contributed by atoms with van der Waals surface area (Å²) in [5.41, 5.74) is 0. The Hall–Kier alpha value is 2.63. The van der Waals surface area contributed by atoms with Gasteiger partial charge in [-0.1, -0.05) is 0 Å². The second-order valence-corrected chi connectivity index (χ2v) is 14.5. The van der Waals surface area contributed by atoms with Crippen molar-refractivity contribution in [1.29, 1.82) is 0 Å². The zero-order valence-corrected chi connectivity index (χ0v) is 30.0. The van der Waals surface area contributed by atoms with E-state index >= 15 is 0 Å². The van der Waals surface area contributed by atoms with Crippen LogP contribution in [0.3, 0.4) is 0 Å². The predicted molar refractivity (Wildman–Crippen MR) is 8.24 cm³/mol. The van der Waals surface area contributed by atoms with Gasteiger partial charge in [-0.05, 0) is 0 Å². The Kier molecular flexibility index (Phi) is 41.4. The molecule has 0 aromatic heterocycles. The van der Waals surface area contributed by atoms with E-state index < -0.39 is 100 Å². The average Bonchev–Trinajstić information content (AvgIpc) is 1.94. The molecule has 0 rings (SSSR count). The molecular formula is Mo7O24W. The molecule has 0 unspecified atom stereocenters. The van der Waals surface area contributed by atoms with Gasteiger partial charge in [0, 0.05) is 0 Å². The van der Waals surface area contributed by atoms with E-state index in [-0.39, 0.29) is 42.1 Å². The summed E-state index contributed by atoms with van der Waals surface area (Å²) in [7, 11) is 0. The zero-order valence-electron chi connectivity index (χ0n) is 13.1. The molecule has 0 heterocycles. The van der Waals surface area contributed by atoms with Crippen LogP contribution in [0.5, 0.6) is 0 Å². The van der Waals surface area contributed by atoms with Crippen LogP contribution in [-0.2, 0) is 183 Å². The molecule has 0 atom stereocenters. The summed E-state index contributed by atoms with van der Waals surface area (Å²) >= 11 is -36.1. The van der Waals surface area contributed by atoms with Crippen molar-refractivity contribution in [3.8, 4) is 0 Å². The monoisotopic (exact) mass is 1250 g/mol. The van der Waals surface area contributed by atoms with E-state index in [1.165, 1.54) is 0 Å². The van der Waals surface area contributed by atoms with Crippen molar-refractivity contribution in [2.75, 3.05) is 0 Å². The second-order valence-electron chi connectivity index (χ2n) is 2.45. The number of rotatable bonds is 0. The van der Waals surface area contributed by atoms with Gasteiger partial charge < -0.3 is 0 Å². The third-order valence-electron chi connectivity index (χ3n) is 0. The van der Waals surface area contributed by atoms with Crippen LogP contribution in [0, 0.1) is 0 Å². The van der Waals surface area contributed by atoms with Crippen molar-refractivity contribution in [3.05, 3.63) is 0 Å². The first-order valence-electron chi connectivity index (χ1n) is 4.00. The van der Waals surface area contributed by atoms with E-state index in [0.29, 0.717) is 0 Å². The topological polar surface area (TPSA) is 482 Å². The van der Waals surface area contributed by atoms with Crippen LogP contribution in [0.15, 0.2) is 0 Å². The number of hydrogen-bond acceptors (Lipinski definition) is 24. The largest absolute Gasteiger partial charge is 6.00 e. The fraction of sp³-hybridized carbons (Fsp3) is 0. The average molecular weight is 1240 g/mol. The fourth-order valence-corrected chi connectivity index (χ4v) is 0. The minimum atomic E-state index is -6.02. The molecule has 32 heteroatoms. The SMILES string of the molecule is [Mo+6].[O]=[Mo](=[O])([O-])[O-].[O]=[Mo](=[O])([O-])[O-].[O]=[Mo](=[O])([O-])[O-].[O]=[Mo](=[O])([O-])[O-].[O]=[Mo](=[O])([O-])[O-].[O]=[Mo](=[O])([O-])[O-].[W+6]. The molecule has 192 valence electrons. The normalized spacial score (nSPS) is 10.9. The van der Waals surface area contributed by atoms with Crippen LogP contribution in [-0.4, -0.2) is 0 Å². The van der Waals surface area contributed by atoms with Crippen molar-refractivity contribution in [2.24, 2.45) is 0 Å². The van der Waals surface area contributed by atoms with Crippen LogP contribution in [0.1, 0.15) is 0 Å². The van der Waals surface area contributed by atoms with Gasteiger partial charge in [0.05, 0.1) is 0 Å². The minimum absolute atomic E-state index is 0. The Labute approximate surface area is 225 Å². The summed E-state index contributed by atoms with van der Waals surface area (Å²) in [6, 6.07) is 0. The Morgan fingerprint density at radius 3 is 0.250 bits per heavy atom. The van der Waals surface area contributed by atoms with Crippen molar-refractivity contribution >= 4 is 0 Å². The standard InChI is InChI=1S/7Mo.24O.W/q;;;;;;+6;;;;;;;;;;;;;12*-1;+6. The summed E-state index contributed by atoms with van der Waals surface area (Å²) in [6.45, 7) is 0. The van der Waals surface area contributed by atoms with E-state index in [9.17, 15) is 0 Å². The Morgan fingerprint density at radius 1 is 0.250 bits per heavy atom. The second kappa shape index (κ2) is 24.0. The quantitative estimate of drug-likeness (QED) is 0.203. The molecule has 0 saturated carbocycles. The van der Waals surface area contributed by atoms with Crippen LogP contribution in [0.4, 0.5) is 0 Å². The molecular weight excluding hydrogens is 1240 g/mol. The van der Waals surface area contributed by atoms with Crippen molar-refractivity contribution < 1.29 is 228 Å². The Balaban J connectivity index is -0.0000000356. The molecule has 0 amide bonds. The minimum Gasteiger partial charge on any atom is 6.00 e. The molecule has 0 aromatic rings. The third kappa shape index (κ3) is 4730. The van der Waals surface area contributed by atoms with Crippen LogP contribution >= 0.6 is 0 Å². The maximum Gasteiger partial charge on any atom is 6.00 e. The first kappa shape index (κ1) is 55.2. The predicted octanol–water partition coefficient (Wildman–Crippen LogP) is -15.7. The third-order valence-corrected chi connectivity index (χ3v) is 0. The van der Waals surface area contributed by atoms with E-state index in [2.05, 4.69) is 0 Å². The van der Waals surface area contributed by atoms with Gasteiger partial charge >= 0.3 is 228 Å². The maximum absolute atomic E-state index is 8.63. The van der Waals surface area contributed by atoms with Crippen LogP contribution in [0.2, 0.25) is 0 Å². The first-order chi connectivity index (χ1) is 12.0. The van der Waals surface area contributed by atoms with Gasteiger partial charge in [0.25, 0.3) is 0 Å². The zero-order chi connectivity index (χ0) is 27.0. The van der Waals surface area contributed by atoms with E-state index in [1.54, 1.807) is 0 Å². The number of hydrogen-bond donors (Lipinski definition) is 0. The summed E-state index contributed by atoms with van der Waals surface area (Å²) in [5.74, 6) is 0. The molecule has 0 fully saturated rings. The fourth-order valence-electron chi connectivity index (χ4n) is 0. The van der Waals surface area contributed by atoms with Gasteiger partial charge in [0.1, 0.15) is 0 Å². The van der Waals surface area contributed by atoms with Gasteiger partial charge in [-0.2, -0.15) is 0 Å². The molecule has 0 radical (unpaired) electrons. The van der Waals surface area contributed by atoms with E-state index in [4.69, 9.17) is 85.9 Å². The van der Waals surface area contributed by atoms with Gasteiger partial charge in [0.15, 0.2) is 0 Å². The molecule has 0 spiro atoms. The van der Waals surface area contributed by atoms with Gasteiger partial charge in [-0.3, -0.25) is 0 Å². The first-order valence-corrected chi connectivity index (χ1v) is 23.7. The van der Waals surface area contributed by atoms with Crippen LogP contribution in [0.25, 0.3) is 0 Å². The summed E-state index contributed by atoms with van der Waals surface area (Å²) in [6.07, 6.45) is 0. The molecule has 0 aliphatic rings. The molecule has 0 saturated heterocycles. The summed E-state index contributed by atoms with van der Waals surface area (Å²) in [4.78, 5) is 0. The molecule has 24 nitrogen and oxygen atoms in total. The van der Waals surface area contributed by atoms with Crippen molar-refractivity contribution in [2.45, 2.75) is 0 Å². The van der Waals surface area contributed by atoms with Crippen LogP contribution < -0.4 is 45.1 Å². The molecule has 0 aromatic carbocycles. The molecule has 0 aliphatic heterocycles. The Bertz CT molecular complexity index is 762. The molecule has 0 N–H and O–H groups in total. The molecule has 0 aliphatic carbocycles. The van der Waals surface area contributed by atoms with Gasteiger partial charge in [-0.25, -0.2) is 0 Å². The van der Waals surface area contributed by atoms with Gasteiger partial charge in [-0.15, -0.1) is 0 Å². The summed E-state index contributed by atoms with van der Waals surface area (Å²) < 4.78 is 207. The van der Waals surface area contributed by atoms with Crippen molar-refractivity contribution in [3.63, 3.8) is 0 Å². The van der Waals surface area contributed by atoms with E-state index in [0.717, 1.165) is 0 Å². The molecule has 0 bridgehead atoms. The van der Waals surface area contributed by atoms with Crippen molar-refractivity contribution in [1.82, 2.24) is 0 Å². The Morgan fingerprint density at radius 2 is 0.250 bits per heavy atom. The van der Waals surface area contributed by atoms with Gasteiger partial charge in [0.2, 0.25) is 0 Å². The smallest absolute Gasteiger partial charge is 6.00 e. The summed E-state index contributed by atoms with van der Waals surface area (Å²) in [5, 5.41) is 0.